The summed E-state index contributed by atoms with van der Waals surface area (Å²) in [5.41, 5.74) is 0. The smallest absolute Gasteiger partial charge is 0.120 e. The molecular weight excluding hydrogens is 224 g/mol. The van der Waals surface area contributed by atoms with E-state index >= 15 is 0 Å². The first kappa shape index (κ1) is 13.3. The Labute approximate surface area is 102 Å². The number of hydrogen-bond donors (Lipinski definition) is 1. The van der Waals surface area contributed by atoms with Gasteiger partial charge >= 0.3 is 0 Å². The minimum Gasteiger partial charge on any atom is -0.493 e. The lowest BCUT2D eigenvalue weighted by Crippen LogP contribution is -2.18. The van der Waals surface area contributed by atoms with Gasteiger partial charge in [-0.25, -0.2) is 0 Å². The molecule has 0 aliphatic rings. The summed E-state index contributed by atoms with van der Waals surface area (Å²) < 4.78 is 5.60. The van der Waals surface area contributed by atoms with Gasteiger partial charge in [-0.3, -0.25) is 0 Å². The van der Waals surface area contributed by atoms with E-state index in [1.807, 2.05) is 18.2 Å². The van der Waals surface area contributed by atoms with Crippen LogP contribution in [0.25, 0.3) is 0 Å². The average Bonchev–Trinajstić information content (AvgIpc) is 2.24. The summed E-state index contributed by atoms with van der Waals surface area (Å²) in [7, 11) is 0. The van der Waals surface area contributed by atoms with Gasteiger partial charge in [-0.2, -0.15) is 0 Å². The molecule has 16 heavy (non-hydrogen) atoms. The van der Waals surface area contributed by atoms with E-state index < -0.39 is 0 Å². The summed E-state index contributed by atoms with van der Waals surface area (Å²) in [6.45, 7) is 4.98. The Kier molecular flexibility index (Phi) is 5.64. The largest absolute Gasteiger partial charge is 0.493 e. The second-order valence-electron chi connectivity index (χ2n) is 4.45. The number of rotatable bonds is 6. The molecule has 90 valence electrons. The lowest BCUT2D eigenvalue weighted by atomic mass is 9.99. The summed E-state index contributed by atoms with van der Waals surface area (Å²) in [5.74, 6) is 1.52. The Morgan fingerprint density at radius 3 is 2.69 bits per heavy atom. The molecule has 1 atom stereocenters. The summed E-state index contributed by atoms with van der Waals surface area (Å²) in [6, 6.07) is 7.32. The maximum atomic E-state index is 9.20. The Morgan fingerprint density at radius 2 is 2.12 bits per heavy atom. The fourth-order valence-corrected chi connectivity index (χ4v) is 1.81. The van der Waals surface area contributed by atoms with Gasteiger partial charge in [0.05, 0.1) is 6.61 Å². The van der Waals surface area contributed by atoms with E-state index in [-0.39, 0.29) is 12.5 Å². The lowest BCUT2D eigenvalue weighted by molar-refractivity contribution is 0.146. The van der Waals surface area contributed by atoms with Crippen molar-refractivity contribution in [3.05, 3.63) is 29.3 Å². The van der Waals surface area contributed by atoms with Crippen molar-refractivity contribution < 1.29 is 9.84 Å². The average molecular weight is 243 g/mol. The first-order chi connectivity index (χ1) is 7.61. The van der Waals surface area contributed by atoms with Gasteiger partial charge in [0.2, 0.25) is 0 Å². The van der Waals surface area contributed by atoms with Crippen LogP contribution in [0.1, 0.15) is 20.3 Å². The number of aliphatic hydroxyl groups is 1. The molecule has 0 heterocycles. The van der Waals surface area contributed by atoms with Gasteiger partial charge in [0, 0.05) is 17.5 Å². The molecule has 0 aliphatic carbocycles. The predicted molar refractivity (Wildman–Crippen MR) is 67.0 cm³/mol. The van der Waals surface area contributed by atoms with Crippen LogP contribution < -0.4 is 4.74 Å². The van der Waals surface area contributed by atoms with E-state index in [4.69, 9.17) is 16.3 Å². The minimum absolute atomic E-state index is 0.165. The fourth-order valence-electron chi connectivity index (χ4n) is 1.63. The van der Waals surface area contributed by atoms with E-state index in [1.165, 1.54) is 0 Å². The third-order valence-electron chi connectivity index (χ3n) is 2.34. The first-order valence-electron chi connectivity index (χ1n) is 5.61. The number of hydrogen-bond acceptors (Lipinski definition) is 2. The van der Waals surface area contributed by atoms with Gasteiger partial charge in [-0.1, -0.05) is 31.5 Å². The van der Waals surface area contributed by atoms with Gasteiger partial charge in [-0.05, 0) is 30.5 Å². The van der Waals surface area contributed by atoms with E-state index in [0.29, 0.717) is 17.5 Å². The Hall–Kier alpha value is -0.730. The number of ether oxygens (including phenoxy) is 1. The van der Waals surface area contributed by atoms with E-state index in [9.17, 15) is 5.11 Å². The lowest BCUT2D eigenvalue weighted by Gasteiger charge is -2.17. The van der Waals surface area contributed by atoms with Crippen molar-refractivity contribution in [2.45, 2.75) is 20.3 Å². The number of benzene rings is 1. The second-order valence-corrected chi connectivity index (χ2v) is 4.88. The molecule has 2 nitrogen and oxygen atoms in total. The highest BCUT2D eigenvalue weighted by atomic mass is 35.5. The SMILES string of the molecule is CC(C)CC(CO)COc1cccc(Cl)c1. The molecule has 0 aliphatic heterocycles. The quantitative estimate of drug-likeness (QED) is 0.829. The standard InChI is InChI=1S/C13H19ClO2/c1-10(2)6-11(8-15)9-16-13-5-3-4-12(14)7-13/h3-5,7,10-11,15H,6,8-9H2,1-2H3. The first-order valence-corrected chi connectivity index (χ1v) is 5.99. The molecule has 1 aromatic rings. The van der Waals surface area contributed by atoms with Gasteiger partial charge in [-0.15, -0.1) is 0 Å². The van der Waals surface area contributed by atoms with E-state index in [2.05, 4.69) is 13.8 Å². The highest BCUT2D eigenvalue weighted by molar-refractivity contribution is 6.30. The molecule has 0 saturated heterocycles. The van der Waals surface area contributed by atoms with Crippen molar-refractivity contribution in [1.82, 2.24) is 0 Å². The van der Waals surface area contributed by atoms with Crippen LogP contribution >= 0.6 is 11.6 Å². The second kappa shape index (κ2) is 6.77. The van der Waals surface area contributed by atoms with Crippen molar-refractivity contribution >= 4 is 11.6 Å². The van der Waals surface area contributed by atoms with Crippen LogP contribution in [0.4, 0.5) is 0 Å². The molecule has 0 amide bonds. The predicted octanol–water partition coefficient (Wildman–Crippen LogP) is 3.37. The van der Waals surface area contributed by atoms with Crippen LogP contribution in [0, 0.1) is 11.8 Å². The van der Waals surface area contributed by atoms with Crippen molar-refractivity contribution in [3.8, 4) is 5.75 Å². The fraction of sp³-hybridized carbons (Fsp3) is 0.538. The van der Waals surface area contributed by atoms with Crippen LogP contribution in [0.5, 0.6) is 5.75 Å². The van der Waals surface area contributed by atoms with Crippen LogP contribution in [-0.4, -0.2) is 18.3 Å². The molecule has 0 bridgehead atoms. The molecular formula is C13H19ClO2. The summed E-state index contributed by atoms with van der Waals surface area (Å²) in [6.07, 6.45) is 0.969. The minimum atomic E-state index is 0.165. The summed E-state index contributed by atoms with van der Waals surface area (Å²) >= 11 is 5.85. The topological polar surface area (TPSA) is 29.5 Å². The van der Waals surface area contributed by atoms with Crippen LogP contribution in [0.2, 0.25) is 5.02 Å². The maximum Gasteiger partial charge on any atom is 0.120 e. The zero-order valence-corrected chi connectivity index (χ0v) is 10.6. The maximum absolute atomic E-state index is 9.20. The molecule has 1 N–H and O–H groups in total. The Balaban J connectivity index is 2.43. The van der Waals surface area contributed by atoms with Crippen molar-refractivity contribution in [3.63, 3.8) is 0 Å². The molecule has 3 heteroatoms. The highest BCUT2D eigenvalue weighted by Gasteiger charge is 2.10. The molecule has 0 radical (unpaired) electrons. The summed E-state index contributed by atoms with van der Waals surface area (Å²) in [5, 5.41) is 9.87. The Morgan fingerprint density at radius 1 is 1.38 bits per heavy atom. The zero-order chi connectivity index (χ0) is 12.0. The third-order valence-corrected chi connectivity index (χ3v) is 2.58. The third kappa shape index (κ3) is 4.86. The van der Waals surface area contributed by atoms with Crippen molar-refractivity contribution in [2.24, 2.45) is 11.8 Å². The summed E-state index contributed by atoms with van der Waals surface area (Å²) in [4.78, 5) is 0. The molecule has 1 rings (SSSR count). The van der Waals surface area contributed by atoms with Gasteiger partial charge in [0.1, 0.15) is 5.75 Å². The van der Waals surface area contributed by atoms with Gasteiger partial charge < -0.3 is 9.84 Å². The number of halogens is 1. The molecule has 1 unspecified atom stereocenters. The van der Waals surface area contributed by atoms with Crippen molar-refractivity contribution in [2.75, 3.05) is 13.2 Å². The highest BCUT2D eigenvalue weighted by Crippen LogP contribution is 2.19. The van der Waals surface area contributed by atoms with E-state index in [1.54, 1.807) is 6.07 Å². The van der Waals surface area contributed by atoms with Crippen LogP contribution in [-0.2, 0) is 0 Å². The van der Waals surface area contributed by atoms with Crippen LogP contribution in [0.15, 0.2) is 24.3 Å². The molecule has 0 aromatic heterocycles. The molecule has 0 fully saturated rings. The number of aliphatic hydroxyl groups excluding tert-OH is 1. The molecule has 0 saturated carbocycles. The van der Waals surface area contributed by atoms with Gasteiger partial charge in [0.25, 0.3) is 0 Å². The van der Waals surface area contributed by atoms with E-state index in [0.717, 1.165) is 12.2 Å². The van der Waals surface area contributed by atoms with Gasteiger partial charge in [0.15, 0.2) is 0 Å². The monoisotopic (exact) mass is 242 g/mol. The molecule has 1 aromatic carbocycles. The Bertz CT molecular complexity index is 313. The zero-order valence-electron chi connectivity index (χ0n) is 9.82. The van der Waals surface area contributed by atoms with Crippen molar-refractivity contribution in [1.29, 1.82) is 0 Å². The molecule has 0 spiro atoms. The van der Waals surface area contributed by atoms with Crippen LogP contribution in [0.3, 0.4) is 0 Å². The normalized spacial score (nSPS) is 12.8.